The van der Waals surface area contributed by atoms with E-state index in [9.17, 15) is 9.59 Å². The van der Waals surface area contributed by atoms with Gasteiger partial charge in [-0.05, 0) is 62.6 Å². The summed E-state index contributed by atoms with van der Waals surface area (Å²) in [5.74, 6) is 0.0198. The van der Waals surface area contributed by atoms with Gasteiger partial charge in [0, 0.05) is 19.5 Å². The predicted molar refractivity (Wildman–Crippen MR) is 92.3 cm³/mol. The highest BCUT2D eigenvalue weighted by Gasteiger charge is 2.16. The summed E-state index contributed by atoms with van der Waals surface area (Å²) in [5.41, 5.74) is 3.85. The average molecular weight is 316 g/mol. The van der Waals surface area contributed by atoms with E-state index in [2.05, 4.69) is 37.4 Å². The van der Waals surface area contributed by atoms with Crippen molar-refractivity contribution in [3.63, 3.8) is 0 Å². The molecule has 126 valence electrons. The van der Waals surface area contributed by atoms with Gasteiger partial charge in [0.05, 0.1) is 6.54 Å². The molecule has 0 spiro atoms. The van der Waals surface area contributed by atoms with E-state index < -0.39 is 0 Å². The third kappa shape index (κ3) is 5.70. The topological polar surface area (TPSA) is 49.4 Å². The van der Waals surface area contributed by atoms with Crippen LogP contribution in [-0.4, -0.2) is 36.3 Å². The van der Waals surface area contributed by atoms with Crippen molar-refractivity contribution in [1.29, 1.82) is 0 Å². The number of hydrogen-bond acceptors (Lipinski definition) is 2. The monoisotopic (exact) mass is 316 g/mol. The van der Waals surface area contributed by atoms with Crippen molar-refractivity contribution >= 4 is 11.8 Å². The maximum atomic E-state index is 12.0. The molecule has 4 nitrogen and oxygen atoms in total. The summed E-state index contributed by atoms with van der Waals surface area (Å²) in [4.78, 5) is 25.7. The van der Waals surface area contributed by atoms with Crippen LogP contribution in [0.3, 0.4) is 0 Å². The van der Waals surface area contributed by atoms with Crippen molar-refractivity contribution in [3.05, 3.63) is 34.9 Å². The highest BCUT2D eigenvalue weighted by Crippen LogP contribution is 2.12. The summed E-state index contributed by atoms with van der Waals surface area (Å²) < 4.78 is 0. The largest absolute Gasteiger partial charge is 0.347 e. The van der Waals surface area contributed by atoms with Gasteiger partial charge in [0.1, 0.15) is 0 Å². The summed E-state index contributed by atoms with van der Waals surface area (Å²) >= 11 is 0. The van der Waals surface area contributed by atoms with Crippen LogP contribution >= 0.6 is 0 Å². The quantitative estimate of drug-likeness (QED) is 0.877. The van der Waals surface area contributed by atoms with Gasteiger partial charge in [-0.15, -0.1) is 0 Å². The third-order valence-electron chi connectivity index (χ3n) is 4.59. The molecular formula is C19H28N2O2. The Labute approximate surface area is 139 Å². The zero-order valence-electron chi connectivity index (χ0n) is 14.4. The van der Waals surface area contributed by atoms with E-state index >= 15 is 0 Å². The van der Waals surface area contributed by atoms with E-state index in [0.29, 0.717) is 6.42 Å². The minimum Gasteiger partial charge on any atom is -0.347 e. The van der Waals surface area contributed by atoms with Crippen LogP contribution < -0.4 is 5.32 Å². The molecule has 1 saturated heterocycles. The smallest absolute Gasteiger partial charge is 0.241 e. The molecular weight excluding hydrogens is 288 g/mol. The van der Waals surface area contributed by atoms with Gasteiger partial charge in [-0.3, -0.25) is 9.59 Å². The average Bonchev–Trinajstić information content (AvgIpc) is 2.56. The van der Waals surface area contributed by atoms with Gasteiger partial charge in [0.25, 0.3) is 0 Å². The molecule has 1 aromatic carbocycles. The predicted octanol–water partition coefficient (Wildman–Crippen LogP) is 2.75. The Hall–Kier alpha value is -1.84. The molecule has 1 aromatic rings. The molecule has 0 bridgehead atoms. The molecule has 0 saturated carbocycles. The lowest BCUT2D eigenvalue weighted by Crippen LogP contribution is -2.42. The Morgan fingerprint density at radius 1 is 1.09 bits per heavy atom. The lowest BCUT2D eigenvalue weighted by molar-refractivity contribution is -0.133. The minimum atomic E-state index is -0.0285. The van der Waals surface area contributed by atoms with Crippen LogP contribution in [0, 0.1) is 13.8 Å². The highest BCUT2D eigenvalue weighted by molar-refractivity contribution is 5.84. The highest BCUT2D eigenvalue weighted by atomic mass is 16.2. The zero-order chi connectivity index (χ0) is 16.7. The molecule has 1 N–H and O–H groups in total. The van der Waals surface area contributed by atoms with E-state index in [-0.39, 0.29) is 18.4 Å². The number of benzene rings is 1. The van der Waals surface area contributed by atoms with Gasteiger partial charge in [-0.1, -0.05) is 18.2 Å². The lowest BCUT2D eigenvalue weighted by atomic mass is 10.0. The standard InChI is InChI=1S/C19H28N2O2/c1-15-9-10-17(13-16(15)2)7-6-8-18(22)20-14-19(23)21-11-4-3-5-12-21/h9-10,13H,3-8,11-12,14H2,1-2H3,(H,20,22). The molecule has 0 radical (unpaired) electrons. The number of carbonyl (C=O) groups is 2. The van der Waals surface area contributed by atoms with Crippen LogP contribution in [0.25, 0.3) is 0 Å². The van der Waals surface area contributed by atoms with Crippen LogP contribution in [0.1, 0.15) is 48.8 Å². The Balaban J connectivity index is 1.64. The number of nitrogens with one attached hydrogen (secondary N) is 1. The molecule has 1 fully saturated rings. The van der Waals surface area contributed by atoms with E-state index in [1.54, 1.807) is 0 Å². The fraction of sp³-hybridized carbons (Fsp3) is 0.579. The van der Waals surface area contributed by atoms with E-state index in [4.69, 9.17) is 0 Å². The van der Waals surface area contributed by atoms with Gasteiger partial charge in [-0.25, -0.2) is 0 Å². The van der Waals surface area contributed by atoms with Crippen LogP contribution in [0.2, 0.25) is 0 Å². The van der Waals surface area contributed by atoms with Gasteiger partial charge in [0.2, 0.25) is 11.8 Å². The Bertz CT molecular complexity index is 548. The molecule has 0 aromatic heterocycles. The van der Waals surface area contributed by atoms with E-state index in [1.807, 2.05) is 4.90 Å². The number of piperidine rings is 1. The second-order valence-corrected chi connectivity index (χ2v) is 6.49. The molecule has 2 amide bonds. The number of likely N-dealkylation sites (tertiary alicyclic amines) is 1. The molecule has 1 aliphatic rings. The fourth-order valence-corrected chi connectivity index (χ4v) is 2.93. The number of aryl methyl sites for hydroxylation is 3. The van der Waals surface area contributed by atoms with Gasteiger partial charge in [0.15, 0.2) is 0 Å². The first kappa shape index (κ1) is 17.5. The Kier molecular flexibility index (Phi) is 6.63. The Morgan fingerprint density at radius 3 is 2.52 bits per heavy atom. The number of amides is 2. The van der Waals surface area contributed by atoms with Gasteiger partial charge < -0.3 is 10.2 Å². The first-order chi connectivity index (χ1) is 11.1. The first-order valence-electron chi connectivity index (χ1n) is 8.67. The second kappa shape index (κ2) is 8.70. The summed E-state index contributed by atoms with van der Waals surface area (Å²) in [6.07, 6.45) is 5.54. The van der Waals surface area contributed by atoms with Crippen LogP contribution in [-0.2, 0) is 16.0 Å². The van der Waals surface area contributed by atoms with Gasteiger partial charge in [-0.2, -0.15) is 0 Å². The van der Waals surface area contributed by atoms with E-state index in [0.717, 1.165) is 38.8 Å². The number of carbonyl (C=O) groups excluding carboxylic acids is 2. The van der Waals surface area contributed by atoms with Crippen LogP contribution in [0.15, 0.2) is 18.2 Å². The van der Waals surface area contributed by atoms with Gasteiger partial charge >= 0.3 is 0 Å². The summed E-state index contributed by atoms with van der Waals surface area (Å²) in [6.45, 7) is 6.02. The summed E-state index contributed by atoms with van der Waals surface area (Å²) in [7, 11) is 0. The van der Waals surface area contributed by atoms with Crippen LogP contribution in [0.4, 0.5) is 0 Å². The number of nitrogens with zero attached hydrogens (tertiary/aromatic N) is 1. The lowest BCUT2D eigenvalue weighted by Gasteiger charge is -2.26. The molecule has 4 heteroatoms. The summed E-state index contributed by atoms with van der Waals surface area (Å²) in [5, 5.41) is 2.76. The van der Waals surface area contributed by atoms with Crippen molar-refractivity contribution in [2.75, 3.05) is 19.6 Å². The maximum absolute atomic E-state index is 12.0. The van der Waals surface area contributed by atoms with Crippen molar-refractivity contribution in [3.8, 4) is 0 Å². The number of hydrogen-bond donors (Lipinski definition) is 1. The minimum absolute atomic E-state index is 0.0285. The van der Waals surface area contributed by atoms with Crippen molar-refractivity contribution in [1.82, 2.24) is 10.2 Å². The normalized spacial score (nSPS) is 14.6. The molecule has 23 heavy (non-hydrogen) atoms. The second-order valence-electron chi connectivity index (χ2n) is 6.49. The zero-order valence-corrected chi connectivity index (χ0v) is 14.4. The van der Waals surface area contributed by atoms with Crippen molar-refractivity contribution in [2.45, 2.75) is 52.4 Å². The van der Waals surface area contributed by atoms with E-state index in [1.165, 1.54) is 23.1 Å². The molecule has 1 heterocycles. The fourth-order valence-electron chi connectivity index (χ4n) is 2.93. The molecule has 0 aliphatic carbocycles. The molecule has 0 unspecified atom stereocenters. The summed E-state index contributed by atoms with van der Waals surface area (Å²) in [6, 6.07) is 6.44. The Morgan fingerprint density at radius 2 is 1.83 bits per heavy atom. The third-order valence-corrected chi connectivity index (χ3v) is 4.59. The SMILES string of the molecule is Cc1ccc(CCCC(=O)NCC(=O)N2CCCCC2)cc1C. The van der Waals surface area contributed by atoms with Crippen LogP contribution in [0.5, 0.6) is 0 Å². The first-order valence-corrected chi connectivity index (χ1v) is 8.67. The molecule has 2 rings (SSSR count). The number of rotatable bonds is 6. The molecule has 1 aliphatic heterocycles. The van der Waals surface area contributed by atoms with Crippen molar-refractivity contribution < 1.29 is 9.59 Å². The maximum Gasteiger partial charge on any atom is 0.241 e. The van der Waals surface area contributed by atoms with Crippen molar-refractivity contribution in [2.24, 2.45) is 0 Å². The molecule has 0 atom stereocenters.